The third-order valence-corrected chi connectivity index (χ3v) is 6.25. The van der Waals surface area contributed by atoms with Crippen molar-refractivity contribution in [3.05, 3.63) is 51.7 Å². The molecule has 2 aromatic rings. The molecule has 0 saturated heterocycles. The van der Waals surface area contributed by atoms with E-state index in [1.807, 2.05) is 23.5 Å². The van der Waals surface area contributed by atoms with E-state index in [4.69, 9.17) is 4.74 Å². The lowest BCUT2D eigenvalue weighted by Gasteiger charge is -2.21. The van der Waals surface area contributed by atoms with Gasteiger partial charge in [-0.1, -0.05) is 37.0 Å². The van der Waals surface area contributed by atoms with Crippen molar-refractivity contribution in [3.8, 4) is 5.75 Å². The Morgan fingerprint density at radius 2 is 1.70 bits per heavy atom. The molecule has 106 valence electrons. The van der Waals surface area contributed by atoms with Crippen LogP contribution < -0.4 is 4.74 Å². The van der Waals surface area contributed by atoms with E-state index >= 15 is 0 Å². The largest absolute Gasteiger partial charge is 0.497 e. The van der Waals surface area contributed by atoms with Gasteiger partial charge in [-0.2, -0.15) is 0 Å². The molecule has 0 spiro atoms. The van der Waals surface area contributed by atoms with Gasteiger partial charge in [-0.15, -0.1) is 11.3 Å². The van der Waals surface area contributed by atoms with Crippen LogP contribution in [0.3, 0.4) is 0 Å². The SMILES string of the molecule is COc1ccc(C(=Cc2ccc(C)s2)[Si](C)(C)C)cc1. The molecule has 0 atom stereocenters. The van der Waals surface area contributed by atoms with E-state index in [-0.39, 0.29) is 0 Å². The first-order valence-corrected chi connectivity index (χ1v) is 11.1. The van der Waals surface area contributed by atoms with Gasteiger partial charge in [-0.05, 0) is 42.8 Å². The third kappa shape index (κ3) is 3.61. The van der Waals surface area contributed by atoms with Crippen molar-refractivity contribution in [1.82, 2.24) is 0 Å². The number of rotatable bonds is 4. The topological polar surface area (TPSA) is 9.23 Å². The van der Waals surface area contributed by atoms with Gasteiger partial charge in [-0.3, -0.25) is 0 Å². The molecule has 1 nitrogen and oxygen atoms in total. The summed E-state index contributed by atoms with van der Waals surface area (Å²) in [4.78, 5) is 2.71. The first-order chi connectivity index (χ1) is 9.40. The Balaban J connectivity index is 2.44. The Hall–Kier alpha value is -1.32. The van der Waals surface area contributed by atoms with E-state index in [9.17, 15) is 0 Å². The lowest BCUT2D eigenvalue weighted by Crippen LogP contribution is -2.22. The van der Waals surface area contributed by atoms with Crippen molar-refractivity contribution in [3.63, 3.8) is 0 Å². The number of ether oxygens (including phenoxy) is 1. The van der Waals surface area contributed by atoms with E-state index in [1.165, 1.54) is 20.5 Å². The van der Waals surface area contributed by atoms with E-state index in [2.05, 4.69) is 56.9 Å². The van der Waals surface area contributed by atoms with Gasteiger partial charge >= 0.3 is 0 Å². The molecule has 0 amide bonds. The van der Waals surface area contributed by atoms with Crippen LogP contribution in [0.2, 0.25) is 19.6 Å². The summed E-state index contributed by atoms with van der Waals surface area (Å²) < 4.78 is 5.25. The van der Waals surface area contributed by atoms with Crippen LogP contribution in [-0.2, 0) is 0 Å². The highest BCUT2D eigenvalue weighted by Gasteiger charge is 2.21. The van der Waals surface area contributed by atoms with Gasteiger partial charge in [0.25, 0.3) is 0 Å². The number of hydrogen-bond acceptors (Lipinski definition) is 2. The highest BCUT2D eigenvalue weighted by atomic mass is 32.1. The predicted molar refractivity (Wildman–Crippen MR) is 93.3 cm³/mol. The van der Waals surface area contributed by atoms with Crippen molar-refractivity contribution in [2.75, 3.05) is 7.11 Å². The molecule has 0 bridgehead atoms. The number of thiophene rings is 1. The lowest BCUT2D eigenvalue weighted by molar-refractivity contribution is 0.415. The summed E-state index contributed by atoms with van der Waals surface area (Å²) in [6.07, 6.45) is 2.37. The zero-order valence-corrected chi connectivity index (χ0v) is 14.7. The van der Waals surface area contributed by atoms with Crippen LogP contribution in [0.15, 0.2) is 36.4 Å². The molecule has 0 N–H and O–H groups in total. The molecule has 1 aromatic heterocycles. The van der Waals surface area contributed by atoms with Crippen molar-refractivity contribution < 1.29 is 4.74 Å². The maximum Gasteiger partial charge on any atom is 0.118 e. The fraction of sp³-hybridized carbons (Fsp3) is 0.294. The monoisotopic (exact) mass is 302 g/mol. The van der Waals surface area contributed by atoms with Gasteiger partial charge in [0, 0.05) is 9.75 Å². The van der Waals surface area contributed by atoms with Gasteiger partial charge in [0.05, 0.1) is 15.2 Å². The van der Waals surface area contributed by atoms with Crippen molar-refractivity contribution >= 4 is 30.7 Å². The first kappa shape index (κ1) is 15.1. The molecule has 1 aromatic carbocycles. The zero-order chi connectivity index (χ0) is 14.8. The Labute approximate surface area is 126 Å². The normalized spacial score (nSPS) is 12.6. The minimum Gasteiger partial charge on any atom is -0.497 e. The molecule has 2 rings (SSSR count). The summed E-state index contributed by atoms with van der Waals surface area (Å²) >= 11 is 1.86. The minimum absolute atomic E-state index is 0.913. The molecule has 0 unspecified atom stereocenters. The summed E-state index contributed by atoms with van der Waals surface area (Å²) in [5, 5.41) is 1.49. The van der Waals surface area contributed by atoms with Gasteiger partial charge in [0.1, 0.15) is 5.75 Å². The minimum atomic E-state index is -1.40. The van der Waals surface area contributed by atoms with Gasteiger partial charge in [0.2, 0.25) is 0 Å². The average Bonchev–Trinajstić information content (AvgIpc) is 2.81. The summed E-state index contributed by atoms with van der Waals surface area (Å²) in [6.45, 7) is 9.33. The van der Waals surface area contributed by atoms with Gasteiger partial charge < -0.3 is 4.74 Å². The molecule has 0 saturated carbocycles. The summed E-state index contributed by atoms with van der Waals surface area (Å²) in [5.74, 6) is 0.913. The number of hydrogen-bond donors (Lipinski definition) is 0. The molecule has 0 aliphatic rings. The zero-order valence-electron chi connectivity index (χ0n) is 12.9. The standard InChI is InChI=1S/C17H22OSSi/c1-13-6-11-16(19-13)12-17(20(3,4)5)14-7-9-15(18-2)10-8-14/h6-12H,1-5H3. The smallest absolute Gasteiger partial charge is 0.118 e. The van der Waals surface area contributed by atoms with Crippen LogP contribution >= 0.6 is 11.3 Å². The van der Waals surface area contributed by atoms with Crippen LogP contribution in [0.25, 0.3) is 11.3 Å². The predicted octanol–water partition coefficient (Wildman–Crippen LogP) is 5.48. The van der Waals surface area contributed by atoms with Crippen LogP contribution in [0.4, 0.5) is 0 Å². The fourth-order valence-corrected chi connectivity index (χ4v) is 4.72. The highest BCUT2D eigenvalue weighted by molar-refractivity contribution is 7.13. The van der Waals surface area contributed by atoms with Crippen LogP contribution in [-0.4, -0.2) is 15.2 Å². The molecule has 3 heteroatoms. The summed E-state index contributed by atoms with van der Waals surface area (Å²) in [7, 11) is 0.305. The molecule has 0 aliphatic heterocycles. The molecule has 1 heterocycles. The Morgan fingerprint density at radius 3 is 2.15 bits per heavy atom. The second-order valence-electron chi connectivity index (χ2n) is 5.98. The second kappa shape index (κ2) is 5.98. The lowest BCUT2D eigenvalue weighted by atomic mass is 10.2. The molecule has 0 radical (unpaired) electrons. The summed E-state index contributed by atoms with van der Waals surface area (Å²) in [6, 6.07) is 12.8. The third-order valence-electron chi connectivity index (χ3n) is 3.26. The van der Waals surface area contributed by atoms with E-state index in [0.29, 0.717) is 0 Å². The van der Waals surface area contributed by atoms with Crippen molar-refractivity contribution in [2.24, 2.45) is 0 Å². The summed E-state index contributed by atoms with van der Waals surface area (Å²) in [5.41, 5.74) is 1.32. The molecule has 20 heavy (non-hydrogen) atoms. The fourth-order valence-electron chi connectivity index (χ4n) is 2.18. The molecule has 0 fully saturated rings. The average molecular weight is 303 g/mol. The maximum atomic E-state index is 5.25. The van der Waals surface area contributed by atoms with Gasteiger partial charge in [0.15, 0.2) is 0 Å². The Morgan fingerprint density at radius 1 is 1.05 bits per heavy atom. The molecular weight excluding hydrogens is 280 g/mol. The highest BCUT2D eigenvalue weighted by Crippen LogP contribution is 2.31. The van der Waals surface area contributed by atoms with Crippen LogP contribution in [0.1, 0.15) is 15.3 Å². The van der Waals surface area contributed by atoms with E-state index in [1.54, 1.807) is 7.11 Å². The maximum absolute atomic E-state index is 5.25. The first-order valence-electron chi connectivity index (χ1n) is 6.83. The van der Waals surface area contributed by atoms with Crippen LogP contribution in [0.5, 0.6) is 5.75 Å². The quantitative estimate of drug-likeness (QED) is 0.679. The van der Waals surface area contributed by atoms with Crippen molar-refractivity contribution in [2.45, 2.75) is 26.6 Å². The number of aryl methyl sites for hydroxylation is 1. The van der Waals surface area contributed by atoms with Crippen molar-refractivity contribution in [1.29, 1.82) is 0 Å². The number of benzene rings is 1. The Bertz CT molecular complexity index is 603. The Kier molecular flexibility index (Phi) is 4.51. The van der Waals surface area contributed by atoms with Crippen LogP contribution in [0, 0.1) is 6.92 Å². The second-order valence-corrected chi connectivity index (χ2v) is 12.3. The van der Waals surface area contributed by atoms with E-state index < -0.39 is 8.07 Å². The van der Waals surface area contributed by atoms with Gasteiger partial charge in [-0.25, -0.2) is 0 Å². The molecule has 0 aliphatic carbocycles. The molecular formula is C17H22OSSi. The van der Waals surface area contributed by atoms with E-state index in [0.717, 1.165) is 5.75 Å². The number of methoxy groups -OCH3 is 1.